The SMILES string of the molecule is O=C(c1cccc(Cl)c1)N1C(=O)c2ccccc2C1(O)c1cccc(Cl)c1. The van der Waals surface area contributed by atoms with E-state index in [1.54, 1.807) is 60.7 Å². The van der Waals surface area contributed by atoms with E-state index >= 15 is 0 Å². The average molecular weight is 398 g/mol. The molecule has 0 saturated carbocycles. The van der Waals surface area contributed by atoms with Crippen LogP contribution in [-0.2, 0) is 5.72 Å². The number of rotatable bonds is 2. The number of benzene rings is 3. The van der Waals surface area contributed by atoms with Crippen molar-refractivity contribution in [1.82, 2.24) is 4.90 Å². The third-order valence-electron chi connectivity index (χ3n) is 4.56. The fourth-order valence-electron chi connectivity index (χ4n) is 3.34. The van der Waals surface area contributed by atoms with Crippen LogP contribution in [0.4, 0.5) is 0 Å². The quantitative estimate of drug-likeness (QED) is 0.648. The van der Waals surface area contributed by atoms with Crippen molar-refractivity contribution in [1.29, 1.82) is 0 Å². The Balaban J connectivity index is 1.94. The first-order valence-electron chi connectivity index (χ1n) is 8.15. The van der Waals surface area contributed by atoms with Crippen LogP contribution in [0.3, 0.4) is 0 Å². The molecule has 0 fully saturated rings. The number of halogens is 2. The molecule has 4 nitrogen and oxygen atoms in total. The van der Waals surface area contributed by atoms with Crippen LogP contribution < -0.4 is 0 Å². The lowest BCUT2D eigenvalue weighted by molar-refractivity contribution is -0.0362. The fourth-order valence-corrected chi connectivity index (χ4v) is 3.72. The molecule has 0 aromatic heterocycles. The van der Waals surface area contributed by atoms with Crippen LogP contribution in [0.2, 0.25) is 10.0 Å². The summed E-state index contributed by atoms with van der Waals surface area (Å²) in [4.78, 5) is 27.1. The molecule has 0 saturated heterocycles. The van der Waals surface area contributed by atoms with Crippen molar-refractivity contribution in [2.45, 2.75) is 5.72 Å². The molecule has 0 bridgehead atoms. The van der Waals surface area contributed by atoms with E-state index in [0.717, 1.165) is 4.90 Å². The standard InChI is InChI=1S/C21H13Cl2NO3/c22-15-7-3-5-13(11-15)19(25)24-20(26)17-9-1-2-10-18(17)21(24,27)14-6-4-8-16(23)12-14/h1-12,27H. The summed E-state index contributed by atoms with van der Waals surface area (Å²) in [6, 6.07) is 19.3. The lowest BCUT2D eigenvalue weighted by atomic mass is 9.93. The van der Waals surface area contributed by atoms with Crippen LogP contribution in [0, 0.1) is 0 Å². The second kappa shape index (κ2) is 6.50. The molecule has 4 rings (SSSR count). The molecule has 0 aliphatic carbocycles. The molecule has 1 aliphatic rings. The molecule has 27 heavy (non-hydrogen) atoms. The van der Waals surface area contributed by atoms with Crippen molar-refractivity contribution in [2.75, 3.05) is 0 Å². The van der Waals surface area contributed by atoms with Gasteiger partial charge in [-0.1, -0.05) is 59.6 Å². The molecule has 3 aromatic rings. The molecular formula is C21H13Cl2NO3. The number of hydrogen-bond donors (Lipinski definition) is 1. The Hall–Kier alpha value is -2.66. The number of aliphatic hydroxyl groups is 1. The fraction of sp³-hybridized carbons (Fsp3) is 0.0476. The Labute approximate surface area is 165 Å². The van der Waals surface area contributed by atoms with Gasteiger partial charge >= 0.3 is 0 Å². The first-order valence-corrected chi connectivity index (χ1v) is 8.91. The maximum absolute atomic E-state index is 13.2. The van der Waals surface area contributed by atoms with E-state index in [1.165, 1.54) is 12.1 Å². The zero-order valence-electron chi connectivity index (χ0n) is 13.9. The van der Waals surface area contributed by atoms with E-state index in [1.807, 2.05) is 0 Å². The number of carbonyl (C=O) groups is 2. The summed E-state index contributed by atoms with van der Waals surface area (Å²) < 4.78 is 0. The van der Waals surface area contributed by atoms with Crippen LogP contribution in [0.25, 0.3) is 0 Å². The second-order valence-corrected chi connectivity index (χ2v) is 7.06. The molecule has 0 radical (unpaired) electrons. The summed E-state index contributed by atoms with van der Waals surface area (Å²) in [6.45, 7) is 0. The van der Waals surface area contributed by atoms with Crippen molar-refractivity contribution in [3.63, 3.8) is 0 Å². The van der Waals surface area contributed by atoms with E-state index in [9.17, 15) is 14.7 Å². The third kappa shape index (κ3) is 2.73. The molecule has 1 atom stereocenters. The van der Waals surface area contributed by atoms with Crippen LogP contribution in [-0.4, -0.2) is 21.8 Å². The number of fused-ring (bicyclic) bond motifs is 1. The van der Waals surface area contributed by atoms with Crippen molar-refractivity contribution in [3.8, 4) is 0 Å². The van der Waals surface area contributed by atoms with Gasteiger partial charge in [0.1, 0.15) is 0 Å². The summed E-state index contributed by atoms with van der Waals surface area (Å²) in [6.07, 6.45) is 0. The molecule has 0 spiro atoms. The number of amides is 2. The molecule has 1 heterocycles. The predicted octanol–water partition coefficient (Wildman–Crippen LogP) is 4.48. The first-order chi connectivity index (χ1) is 12.9. The van der Waals surface area contributed by atoms with Crippen molar-refractivity contribution >= 4 is 35.0 Å². The van der Waals surface area contributed by atoms with Gasteiger partial charge in [-0.3, -0.25) is 9.59 Å². The Morgan fingerprint density at radius 3 is 2.26 bits per heavy atom. The summed E-state index contributed by atoms with van der Waals surface area (Å²) in [5.74, 6) is -1.24. The van der Waals surface area contributed by atoms with Gasteiger partial charge < -0.3 is 5.11 Å². The first kappa shape index (κ1) is 17.7. The Bertz CT molecular complexity index is 1080. The third-order valence-corrected chi connectivity index (χ3v) is 5.03. The predicted molar refractivity (Wildman–Crippen MR) is 103 cm³/mol. The minimum atomic E-state index is -1.97. The highest BCUT2D eigenvalue weighted by Gasteiger charge is 2.53. The number of nitrogens with zero attached hydrogens (tertiary/aromatic N) is 1. The van der Waals surface area contributed by atoms with E-state index in [2.05, 4.69) is 0 Å². The van der Waals surface area contributed by atoms with Gasteiger partial charge in [0.05, 0.1) is 0 Å². The largest absolute Gasteiger partial charge is 0.363 e. The number of hydrogen-bond acceptors (Lipinski definition) is 3. The van der Waals surface area contributed by atoms with Gasteiger partial charge in [0.25, 0.3) is 11.8 Å². The normalized spacial score (nSPS) is 18.5. The zero-order valence-corrected chi connectivity index (χ0v) is 15.4. The molecule has 1 unspecified atom stereocenters. The minimum Gasteiger partial charge on any atom is -0.363 e. The minimum absolute atomic E-state index is 0.198. The highest BCUT2D eigenvalue weighted by Crippen LogP contribution is 2.43. The van der Waals surface area contributed by atoms with Crippen LogP contribution >= 0.6 is 23.2 Å². The lowest BCUT2D eigenvalue weighted by Crippen LogP contribution is -2.48. The van der Waals surface area contributed by atoms with Crippen molar-refractivity contribution < 1.29 is 14.7 Å². The van der Waals surface area contributed by atoms with Crippen LogP contribution in [0.15, 0.2) is 72.8 Å². The van der Waals surface area contributed by atoms with Crippen LogP contribution in [0.5, 0.6) is 0 Å². The summed E-state index contributed by atoms with van der Waals surface area (Å²) in [7, 11) is 0. The zero-order chi connectivity index (χ0) is 19.2. The molecule has 1 N–H and O–H groups in total. The molecule has 6 heteroatoms. The molecule has 134 valence electrons. The van der Waals surface area contributed by atoms with E-state index < -0.39 is 17.5 Å². The van der Waals surface area contributed by atoms with Gasteiger partial charge in [-0.25, -0.2) is 4.90 Å². The van der Waals surface area contributed by atoms with E-state index in [4.69, 9.17) is 23.2 Å². The summed E-state index contributed by atoms with van der Waals surface area (Å²) >= 11 is 12.1. The topological polar surface area (TPSA) is 57.6 Å². The van der Waals surface area contributed by atoms with Crippen LogP contribution in [0.1, 0.15) is 31.8 Å². The molecular weight excluding hydrogens is 385 g/mol. The van der Waals surface area contributed by atoms with Gasteiger partial charge in [0, 0.05) is 32.3 Å². The summed E-state index contributed by atoms with van der Waals surface area (Å²) in [5.41, 5.74) is -0.867. The molecule has 3 aromatic carbocycles. The van der Waals surface area contributed by atoms with Gasteiger partial charge in [-0.05, 0) is 36.4 Å². The van der Waals surface area contributed by atoms with E-state index in [-0.39, 0.29) is 11.1 Å². The molecule has 1 aliphatic heterocycles. The van der Waals surface area contributed by atoms with Gasteiger partial charge in [0.15, 0.2) is 0 Å². The Morgan fingerprint density at radius 1 is 0.889 bits per heavy atom. The van der Waals surface area contributed by atoms with Gasteiger partial charge in [0.2, 0.25) is 5.72 Å². The average Bonchev–Trinajstić information content (AvgIpc) is 2.90. The van der Waals surface area contributed by atoms with Gasteiger partial charge in [-0.2, -0.15) is 0 Å². The maximum Gasteiger partial charge on any atom is 0.264 e. The molecule has 2 amide bonds. The number of carbonyl (C=O) groups excluding carboxylic acids is 2. The second-order valence-electron chi connectivity index (χ2n) is 6.18. The maximum atomic E-state index is 13.2. The summed E-state index contributed by atoms with van der Waals surface area (Å²) in [5, 5.41) is 12.4. The van der Waals surface area contributed by atoms with Crippen molar-refractivity contribution in [2.24, 2.45) is 0 Å². The van der Waals surface area contributed by atoms with Crippen molar-refractivity contribution in [3.05, 3.63) is 105 Å². The monoisotopic (exact) mass is 397 g/mol. The highest BCUT2D eigenvalue weighted by molar-refractivity contribution is 6.31. The smallest absolute Gasteiger partial charge is 0.264 e. The Morgan fingerprint density at radius 2 is 1.56 bits per heavy atom. The highest BCUT2D eigenvalue weighted by atomic mass is 35.5. The number of imide groups is 1. The lowest BCUT2D eigenvalue weighted by Gasteiger charge is -2.33. The van der Waals surface area contributed by atoms with E-state index in [0.29, 0.717) is 21.2 Å². The van der Waals surface area contributed by atoms with Gasteiger partial charge in [-0.15, -0.1) is 0 Å². The Kier molecular flexibility index (Phi) is 4.27.